The van der Waals surface area contributed by atoms with Crippen molar-refractivity contribution in [3.63, 3.8) is 0 Å². The van der Waals surface area contributed by atoms with Gasteiger partial charge in [-0.25, -0.2) is 0 Å². The molecule has 1 atom stereocenters. The van der Waals surface area contributed by atoms with Crippen molar-refractivity contribution in [1.82, 2.24) is 0 Å². The SMILES string of the molecule is CCCCCC(O)c1cc(Cl)cc(Cl)c1. The van der Waals surface area contributed by atoms with Crippen LogP contribution in [-0.4, -0.2) is 5.11 Å². The van der Waals surface area contributed by atoms with E-state index in [-0.39, 0.29) is 0 Å². The first kappa shape index (κ1) is 12.8. The summed E-state index contributed by atoms with van der Waals surface area (Å²) in [4.78, 5) is 0. The van der Waals surface area contributed by atoms with Crippen molar-refractivity contribution in [2.24, 2.45) is 0 Å². The number of hydrogen-bond donors (Lipinski definition) is 1. The Labute approximate surface area is 101 Å². The first-order valence-electron chi connectivity index (χ1n) is 5.27. The van der Waals surface area contributed by atoms with E-state index in [1.54, 1.807) is 18.2 Å². The van der Waals surface area contributed by atoms with Gasteiger partial charge in [0.1, 0.15) is 0 Å². The molecular weight excluding hydrogens is 231 g/mol. The summed E-state index contributed by atoms with van der Waals surface area (Å²) in [6.45, 7) is 2.14. The van der Waals surface area contributed by atoms with Gasteiger partial charge in [0.15, 0.2) is 0 Å². The number of rotatable bonds is 5. The molecule has 0 spiro atoms. The normalized spacial score (nSPS) is 12.8. The molecule has 1 N–H and O–H groups in total. The van der Waals surface area contributed by atoms with E-state index >= 15 is 0 Å². The van der Waals surface area contributed by atoms with Crippen molar-refractivity contribution < 1.29 is 5.11 Å². The lowest BCUT2D eigenvalue weighted by atomic mass is 10.0. The molecule has 0 radical (unpaired) electrons. The molecule has 84 valence electrons. The summed E-state index contributed by atoms with van der Waals surface area (Å²) in [6, 6.07) is 5.21. The third-order valence-electron chi connectivity index (χ3n) is 2.35. The van der Waals surface area contributed by atoms with Gasteiger partial charge in [-0.2, -0.15) is 0 Å². The molecule has 0 aliphatic heterocycles. The number of benzene rings is 1. The van der Waals surface area contributed by atoms with Gasteiger partial charge in [-0.15, -0.1) is 0 Å². The zero-order chi connectivity index (χ0) is 11.3. The summed E-state index contributed by atoms with van der Waals surface area (Å²) in [5, 5.41) is 11.0. The van der Waals surface area contributed by atoms with Crippen molar-refractivity contribution in [1.29, 1.82) is 0 Å². The van der Waals surface area contributed by atoms with E-state index in [4.69, 9.17) is 23.2 Å². The Kier molecular flexibility index (Phi) is 5.44. The smallest absolute Gasteiger partial charge is 0.0791 e. The van der Waals surface area contributed by atoms with Crippen LogP contribution in [0.3, 0.4) is 0 Å². The van der Waals surface area contributed by atoms with Crippen molar-refractivity contribution in [3.8, 4) is 0 Å². The molecule has 0 saturated carbocycles. The maximum Gasteiger partial charge on any atom is 0.0791 e. The fraction of sp³-hybridized carbons (Fsp3) is 0.500. The second kappa shape index (κ2) is 6.37. The summed E-state index contributed by atoms with van der Waals surface area (Å²) < 4.78 is 0. The lowest BCUT2D eigenvalue weighted by Gasteiger charge is -2.11. The van der Waals surface area contributed by atoms with E-state index < -0.39 is 6.10 Å². The van der Waals surface area contributed by atoms with Crippen LogP contribution in [0, 0.1) is 0 Å². The molecule has 0 bridgehead atoms. The Hall–Kier alpha value is -0.240. The second-order valence-electron chi connectivity index (χ2n) is 3.71. The van der Waals surface area contributed by atoms with Crippen LogP contribution in [0.25, 0.3) is 0 Å². The lowest BCUT2D eigenvalue weighted by molar-refractivity contribution is 0.163. The molecule has 0 amide bonds. The third-order valence-corrected chi connectivity index (χ3v) is 2.79. The van der Waals surface area contributed by atoms with Gasteiger partial charge >= 0.3 is 0 Å². The summed E-state index contributed by atoms with van der Waals surface area (Å²) in [7, 11) is 0. The molecule has 1 rings (SSSR count). The summed E-state index contributed by atoms with van der Waals surface area (Å²) in [6.07, 6.45) is 3.65. The van der Waals surface area contributed by atoms with Gasteiger partial charge in [-0.3, -0.25) is 0 Å². The molecule has 0 aliphatic rings. The van der Waals surface area contributed by atoms with Crippen LogP contribution in [0.1, 0.15) is 44.3 Å². The first-order chi connectivity index (χ1) is 7.13. The highest BCUT2D eigenvalue weighted by molar-refractivity contribution is 6.34. The third kappa shape index (κ3) is 4.42. The molecule has 1 aromatic carbocycles. The Morgan fingerprint density at radius 2 is 1.73 bits per heavy atom. The highest BCUT2D eigenvalue weighted by atomic mass is 35.5. The van der Waals surface area contributed by atoms with Crippen LogP contribution in [0.2, 0.25) is 10.0 Å². The largest absolute Gasteiger partial charge is 0.388 e. The zero-order valence-corrected chi connectivity index (χ0v) is 10.4. The molecule has 0 aromatic heterocycles. The zero-order valence-electron chi connectivity index (χ0n) is 8.84. The van der Waals surface area contributed by atoms with E-state index in [1.807, 2.05) is 0 Å². The highest BCUT2D eigenvalue weighted by Gasteiger charge is 2.08. The quantitative estimate of drug-likeness (QED) is 0.753. The maximum absolute atomic E-state index is 9.88. The van der Waals surface area contributed by atoms with Gasteiger partial charge in [0.05, 0.1) is 6.10 Å². The Bertz CT molecular complexity index is 292. The fourth-order valence-electron chi connectivity index (χ4n) is 1.52. The lowest BCUT2D eigenvalue weighted by Crippen LogP contribution is -1.97. The minimum absolute atomic E-state index is 0.451. The van der Waals surface area contributed by atoms with Gasteiger partial charge in [-0.05, 0) is 30.2 Å². The first-order valence-corrected chi connectivity index (χ1v) is 6.03. The van der Waals surface area contributed by atoms with Gasteiger partial charge in [0.25, 0.3) is 0 Å². The molecule has 1 nitrogen and oxygen atoms in total. The minimum Gasteiger partial charge on any atom is -0.388 e. The van der Waals surface area contributed by atoms with Crippen LogP contribution < -0.4 is 0 Å². The molecule has 3 heteroatoms. The average Bonchev–Trinajstić information content (AvgIpc) is 2.16. The monoisotopic (exact) mass is 246 g/mol. The van der Waals surface area contributed by atoms with Crippen LogP contribution >= 0.6 is 23.2 Å². The standard InChI is InChI=1S/C12H16Cl2O/c1-2-3-4-5-12(15)9-6-10(13)8-11(14)7-9/h6-8,12,15H,2-5H2,1H3. The molecule has 0 heterocycles. The van der Waals surface area contributed by atoms with Gasteiger partial charge in [0.2, 0.25) is 0 Å². The molecule has 0 saturated heterocycles. The van der Waals surface area contributed by atoms with Gasteiger partial charge < -0.3 is 5.11 Å². The Morgan fingerprint density at radius 3 is 2.27 bits per heavy atom. The van der Waals surface area contributed by atoms with E-state index in [0.29, 0.717) is 10.0 Å². The van der Waals surface area contributed by atoms with Gasteiger partial charge in [-0.1, -0.05) is 49.4 Å². The minimum atomic E-state index is -0.451. The molecular formula is C12H16Cl2O. The summed E-state index contributed by atoms with van der Waals surface area (Å²) >= 11 is 11.7. The van der Waals surface area contributed by atoms with Crippen molar-refractivity contribution >= 4 is 23.2 Å². The van der Waals surface area contributed by atoms with Crippen LogP contribution in [0.15, 0.2) is 18.2 Å². The van der Waals surface area contributed by atoms with Gasteiger partial charge in [0, 0.05) is 10.0 Å². The molecule has 1 unspecified atom stereocenters. The molecule has 1 aromatic rings. The number of unbranched alkanes of at least 4 members (excludes halogenated alkanes) is 2. The fourth-order valence-corrected chi connectivity index (χ4v) is 2.06. The van der Waals surface area contributed by atoms with Crippen LogP contribution in [-0.2, 0) is 0 Å². The topological polar surface area (TPSA) is 20.2 Å². The molecule has 0 fully saturated rings. The molecule has 0 aliphatic carbocycles. The number of hydrogen-bond acceptors (Lipinski definition) is 1. The predicted molar refractivity (Wildman–Crippen MR) is 65.6 cm³/mol. The average molecular weight is 247 g/mol. The number of aliphatic hydroxyl groups is 1. The van der Waals surface area contributed by atoms with Crippen molar-refractivity contribution in [3.05, 3.63) is 33.8 Å². The van der Waals surface area contributed by atoms with Crippen LogP contribution in [0.5, 0.6) is 0 Å². The van der Waals surface area contributed by atoms with E-state index in [0.717, 1.165) is 31.2 Å². The van der Waals surface area contributed by atoms with Crippen molar-refractivity contribution in [2.45, 2.75) is 38.7 Å². The highest BCUT2D eigenvalue weighted by Crippen LogP contribution is 2.26. The number of halogens is 2. The summed E-state index contributed by atoms with van der Waals surface area (Å²) in [5.74, 6) is 0. The molecule has 15 heavy (non-hydrogen) atoms. The Balaban J connectivity index is 2.60. The Morgan fingerprint density at radius 1 is 1.13 bits per heavy atom. The summed E-state index contributed by atoms with van der Waals surface area (Å²) in [5.41, 5.74) is 0.809. The maximum atomic E-state index is 9.88. The van der Waals surface area contributed by atoms with Crippen LogP contribution in [0.4, 0.5) is 0 Å². The van der Waals surface area contributed by atoms with Crippen molar-refractivity contribution in [2.75, 3.05) is 0 Å². The number of aliphatic hydroxyl groups excluding tert-OH is 1. The van der Waals surface area contributed by atoms with E-state index in [9.17, 15) is 5.11 Å². The second-order valence-corrected chi connectivity index (χ2v) is 4.59. The van der Waals surface area contributed by atoms with E-state index in [1.165, 1.54) is 0 Å². The van der Waals surface area contributed by atoms with E-state index in [2.05, 4.69) is 6.92 Å². The predicted octanol–water partition coefficient (Wildman–Crippen LogP) is 4.61.